The van der Waals surface area contributed by atoms with Crippen molar-refractivity contribution in [3.05, 3.63) is 52.9 Å². The summed E-state index contributed by atoms with van der Waals surface area (Å²) < 4.78 is 55.3. The Hall–Kier alpha value is -2.10. The number of Topliss-reactive ketones (excluding diaryl/α,β-unsaturated/α-hetero) is 1. The minimum Gasteiger partial charge on any atom is -0.351 e. The Kier molecular flexibility index (Phi) is 5.69. The van der Waals surface area contributed by atoms with E-state index >= 15 is 0 Å². The molecule has 3 rings (SSSR count). The number of carbonyl (C=O) groups is 1. The Bertz CT molecular complexity index is 1010. The molecular formula is C19H23F2N3O3S. The highest BCUT2D eigenvalue weighted by Crippen LogP contribution is 2.22. The topological polar surface area (TPSA) is 62.6 Å². The van der Waals surface area contributed by atoms with Gasteiger partial charge < -0.3 is 4.57 Å². The summed E-state index contributed by atoms with van der Waals surface area (Å²) in [6.45, 7) is 5.02. The van der Waals surface area contributed by atoms with Gasteiger partial charge in [-0.05, 0) is 32.0 Å². The second-order valence-corrected chi connectivity index (χ2v) is 8.93. The quantitative estimate of drug-likeness (QED) is 0.707. The highest BCUT2D eigenvalue weighted by molar-refractivity contribution is 7.89. The van der Waals surface area contributed by atoms with Crippen molar-refractivity contribution in [2.24, 2.45) is 7.05 Å². The van der Waals surface area contributed by atoms with E-state index in [0.717, 1.165) is 23.5 Å². The first-order valence-electron chi connectivity index (χ1n) is 8.95. The minimum atomic E-state index is -4.05. The molecule has 0 amide bonds. The maximum atomic E-state index is 13.9. The van der Waals surface area contributed by atoms with Crippen LogP contribution in [0.4, 0.5) is 8.78 Å². The fourth-order valence-electron chi connectivity index (χ4n) is 3.38. The molecule has 6 nitrogen and oxygen atoms in total. The predicted molar refractivity (Wildman–Crippen MR) is 101 cm³/mol. The number of piperazine rings is 1. The Labute approximate surface area is 163 Å². The summed E-state index contributed by atoms with van der Waals surface area (Å²) in [5, 5.41) is 0. The zero-order valence-corrected chi connectivity index (χ0v) is 16.9. The maximum Gasteiger partial charge on any atom is 0.246 e. The Morgan fingerprint density at radius 3 is 2.25 bits per heavy atom. The number of halogens is 2. The predicted octanol–water partition coefficient (Wildman–Crippen LogP) is 2.11. The van der Waals surface area contributed by atoms with Crippen molar-refractivity contribution in [2.45, 2.75) is 18.7 Å². The molecule has 0 aliphatic carbocycles. The van der Waals surface area contributed by atoms with Crippen LogP contribution in [0.1, 0.15) is 21.7 Å². The summed E-state index contributed by atoms with van der Waals surface area (Å²) in [7, 11) is -2.14. The number of sulfonamides is 1. The van der Waals surface area contributed by atoms with Gasteiger partial charge in [-0.15, -0.1) is 0 Å². The van der Waals surface area contributed by atoms with Crippen LogP contribution in [-0.2, 0) is 17.1 Å². The molecule has 28 heavy (non-hydrogen) atoms. The summed E-state index contributed by atoms with van der Waals surface area (Å²) >= 11 is 0. The smallest absolute Gasteiger partial charge is 0.246 e. The number of hydrogen-bond donors (Lipinski definition) is 0. The van der Waals surface area contributed by atoms with E-state index in [2.05, 4.69) is 0 Å². The van der Waals surface area contributed by atoms with Gasteiger partial charge in [-0.1, -0.05) is 0 Å². The van der Waals surface area contributed by atoms with E-state index in [4.69, 9.17) is 0 Å². The normalized spacial score (nSPS) is 16.5. The number of hydrogen-bond acceptors (Lipinski definition) is 4. The maximum absolute atomic E-state index is 13.9. The molecule has 0 N–H and O–H groups in total. The van der Waals surface area contributed by atoms with Gasteiger partial charge in [0.25, 0.3) is 0 Å². The van der Waals surface area contributed by atoms with Crippen molar-refractivity contribution in [1.29, 1.82) is 0 Å². The molecular weight excluding hydrogens is 388 g/mol. The van der Waals surface area contributed by atoms with Crippen molar-refractivity contribution in [1.82, 2.24) is 13.8 Å². The van der Waals surface area contributed by atoms with Crippen molar-refractivity contribution < 1.29 is 22.0 Å². The molecule has 0 saturated carbocycles. The molecule has 2 aromatic rings. The highest BCUT2D eigenvalue weighted by Gasteiger charge is 2.31. The van der Waals surface area contributed by atoms with Gasteiger partial charge in [0.2, 0.25) is 10.0 Å². The summed E-state index contributed by atoms with van der Waals surface area (Å²) in [5.41, 5.74) is 2.57. The van der Waals surface area contributed by atoms with Crippen LogP contribution < -0.4 is 0 Å². The van der Waals surface area contributed by atoms with Gasteiger partial charge in [-0.25, -0.2) is 17.2 Å². The molecule has 1 aliphatic rings. The average Bonchev–Trinajstić information content (AvgIpc) is 2.89. The van der Waals surface area contributed by atoms with E-state index in [1.807, 2.05) is 36.4 Å². The second-order valence-electron chi connectivity index (χ2n) is 7.02. The first-order chi connectivity index (χ1) is 13.1. The van der Waals surface area contributed by atoms with Crippen LogP contribution in [0.15, 0.2) is 29.2 Å². The van der Waals surface area contributed by atoms with Gasteiger partial charge in [-0.3, -0.25) is 9.69 Å². The summed E-state index contributed by atoms with van der Waals surface area (Å²) in [4.78, 5) is 14.0. The zero-order chi connectivity index (χ0) is 20.6. The Balaban J connectivity index is 1.65. The van der Waals surface area contributed by atoms with Crippen molar-refractivity contribution >= 4 is 15.8 Å². The third-order valence-corrected chi connectivity index (χ3v) is 7.22. The number of benzene rings is 1. The largest absolute Gasteiger partial charge is 0.351 e. The van der Waals surface area contributed by atoms with Crippen molar-refractivity contribution in [3.63, 3.8) is 0 Å². The van der Waals surface area contributed by atoms with Gasteiger partial charge in [0.05, 0.1) is 6.54 Å². The lowest BCUT2D eigenvalue weighted by molar-refractivity contribution is 0.0901. The van der Waals surface area contributed by atoms with Crippen molar-refractivity contribution in [3.8, 4) is 0 Å². The molecule has 0 unspecified atom stereocenters. The molecule has 0 bridgehead atoms. The monoisotopic (exact) mass is 411 g/mol. The van der Waals surface area contributed by atoms with Gasteiger partial charge in [-0.2, -0.15) is 4.31 Å². The van der Waals surface area contributed by atoms with Gasteiger partial charge >= 0.3 is 0 Å². The number of ketones is 1. The summed E-state index contributed by atoms with van der Waals surface area (Å²) in [6, 6.07) is 4.28. The molecule has 9 heteroatoms. The van der Waals surface area contributed by atoms with E-state index < -0.39 is 26.6 Å². The second kappa shape index (κ2) is 7.73. The van der Waals surface area contributed by atoms with Crippen LogP contribution >= 0.6 is 0 Å². The van der Waals surface area contributed by atoms with E-state index in [1.54, 1.807) is 0 Å². The number of nitrogens with zero attached hydrogens (tertiary/aromatic N) is 3. The van der Waals surface area contributed by atoms with Gasteiger partial charge in [0.1, 0.15) is 16.5 Å². The van der Waals surface area contributed by atoms with E-state index in [-0.39, 0.29) is 25.4 Å². The average molecular weight is 411 g/mol. The Morgan fingerprint density at radius 1 is 1.07 bits per heavy atom. The zero-order valence-electron chi connectivity index (χ0n) is 16.1. The Morgan fingerprint density at radius 2 is 1.71 bits per heavy atom. The molecule has 152 valence electrons. The van der Waals surface area contributed by atoms with Crippen LogP contribution in [0.25, 0.3) is 0 Å². The number of aryl methyl sites for hydroxylation is 1. The molecule has 0 atom stereocenters. The fraction of sp³-hybridized carbons (Fsp3) is 0.421. The minimum absolute atomic E-state index is 0.0120. The molecule has 1 aliphatic heterocycles. The standard InChI is InChI=1S/C19H23F2N3O3S/c1-13-10-16(14(2)22(13)3)18(25)12-23-6-8-24(9-7-23)28(26,27)19-5-4-15(20)11-17(19)21/h4-5,10-11H,6-9,12H2,1-3H3. The fourth-order valence-corrected chi connectivity index (χ4v) is 4.84. The molecule has 1 saturated heterocycles. The van der Waals surface area contributed by atoms with E-state index in [9.17, 15) is 22.0 Å². The molecule has 2 heterocycles. The van der Waals surface area contributed by atoms with Crippen LogP contribution in [0, 0.1) is 25.5 Å². The third kappa shape index (κ3) is 3.87. The SMILES string of the molecule is Cc1cc(C(=O)CN2CCN(S(=O)(=O)c3ccc(F)cc3F)CC2)c(C)n1C. The van der Waals surface area contributed by atoms with Crippen molar-refractivity contribution in [2.75, 3.05) is 32.7 Å². The lowest BCUT2D eigenvalue weighted by atomic mass is 10.1. The third-order valence-electron chi connectivity index (χ3n) is 5.29. The first-order valence-corrected chi connectivity index (χ1v) is 10.4. The molecule has 1 fully saturated rings. The molecule has 1 aromatic carbocycles. The van der Waals surface area contributed by atoms with Crippen LogP contribution in [-0.4, -0.2) is 60.7 Å². The molecule has 1 aromatic heterocycles. The molecule has 0 spiro atoms. The highest BCUT2D eigenvalue weighted by atomic mass is 32.2. The van der Waals surface area contributed by atoms with E-state index in [1.165, 1.54) is 4.31 Å². The first kappa shape index (κ1) is 20.6. The summed E-state index contributed by atoms with van der Waals surface area (Å²) in [5.74, 6) is -1.94. The number of carbonyl (C=O) groups excluding carboxylic acids is 1. The van der Waals surface area contributed by atoms with Gasteiger partial charge in [0.15, 0.2) is 5.78 Å². The number of aromatic nitrogens is 1. The van der Waals surface area contributed by atoms with Crippen LogP contribution in [0.3, 0.4) is 0 Å². The number of rotatable bonds is 5. The van der Waals surface area contributed by atoms with Crippen LogP contribution in [0.5, 0.6) is 0 Å². The summed E-state index contributed by atoms with van der Waals surface area (Å²) in [6.07, 6.45) is 0. The van der Waals surface area contributed by atoms with Gasteiger partial charge in [0, 0.05) is 56.2 Å². The van der Waals surface area contributed by atoms with E-state index in [0.29, 0.717) is 24.7 Å². The van der Waals surface area contributed by atoms with Crippen LogP contribution in [0.2, 0.25) is 0 Å². The lowest BCUT2D eigenvalue weighted by Gasteiger charge is -2.33. The molecule has 0 radical (unpaired) electrons. The lowest BCUT2D eigenvalue weighted by Crippen LogP contribution is -2.49.